The lowest BCUT2D eigenvalue weighted by Crippen LogP contribution is -2.29. The van der Waals surface area contributed by atoms with Crippen LogP contribution in [0, 0.1) is 5.92 Å². The van der Waals surface area contributed by atoms with Crippen LogP contribution in [0.5, 0.6) is 0 Å². The number of carbonyl (C=O) groups is 1. The second-order valence-corrected chi connectivity index (χ2v) is 7.07. The summed E-state index contributed by atoms with van der Waals surface area (Å²) in [4.78, 5) is 16.9. The van der Waals surface area contributed by atoms with Gasteiger partial charge in [0, 0.05) is 12.5 Å². The third-order valence-corrected chi connectivity index (χ3v) is 5.17. The second-order valence-electron chi connectivity index (χ2n) is 7.07. The maximum Gasteiger partial charge on any atom is 0.273 e. The lowest BCUT2D eigenvalue weighted by atomic mass is 9.91. The van der Waals surface area contributed by atoms with Gasteiger partial charge in [-0.05, 0) is 17.0 Å². The molecule has 5 nitrogen and oxygen atoms in total. The molecule has 1 amide bonds. The molecule has 2 atom stereocenters. The number of nitrogens with two attached hydrogens (primary N) is 1. The number of amides is 1. The molecule has 0 saturated heterocycles. The Morgan fingerprint density at radius 3 is 2.18 bits per heavy atom. The molecule has 0 spiro atoms. The van der Waals surface area contributed by atoms with E-state index in [1.54, 1.807) is 0 Å². The molecule has 3 aromatic rings. The molecular formula is C23H27N3O2. The van der Waals surface area contributed by atoms with Gasteiger partial charge in [0.2, 0.25) is 5.89 Å². The monoisotopic (exact) mass is 377 g/mol. The van der Waals surface area contributed by atoms with Crippen molar-refractivity contribution in [1.29, 1.82) is 0 Å². The van der Waals surface area contributed by atoms with Crippen molar-refractivity contribution in [2.45, 2.75) is 32.2 Å². The van der Waals surface area contributed by atoms with Crippen LogP contribution in [-0.2, 0) is 0 Å². The molecule has 1 aromatic heterocycles. The average Bonchev–Trinajstić information content (AvgIpc) is 3.24. The highest BCUT2D eigenvalue weighted by Crippen LogP contribution is 2.24. The van der Waals surface area contributed by atoms with Crippen molar-refractivity contribution in [3.8, 4) is 0 Å². The molecule has 146 valence electrons. The summed E-state index contributed by atoms with van der Waals surface area (Å²) >= 11 is 0. The van der Waals surface area contributed by atoms with E-state index < -0.39 is 0 Å². The van der Waals surface area contributed by atoms with Crippen molar-refractivity contribution >= 4 is 5.91 Å². The highest BCUT2D eigenvalue weighted by molar-refractivity contribution is 5.92. The van der Waals surface area contributed by atoms with Gasteiger partial charge in [-0.2, -0.15) is 0 Å². The van der Waals surface area contributed by atoms with Gasteiger partial charge in [-0.25, -0.2) is 4.98 Å². The minimum atomic E-state index is -0.312. The Bertz CT molecular complexity index is 838. The Morgan fingerprint density at radius 1 is 1.07 bits per heavy atom. The number of oxazole rings is 1. The fourth-order valence-corrected chi connectivity index (χ4v) is 3.13. The maximum absolute atomic E-state index is 12.6. The summed E-state index contributed by atoms with van der Waals surface area (Å²) in [7, 11) is 0. The van der Waals surface area contributed by atoms with E-state index in [1.165, 1.54) is 6.26 Å². The standard InChI is InChI=1S/C23H27N3O2/c1-3-16(2)21(24)23-26-20(15-28-23)22(27)25-14-19(17-10-6-4-7-11-17)18-12-8-5-9-13-18/h4-13,15-16,19,21H,3,14,24H2,1-2H3,(H,25,27). The zero-order valence-corrected chi connectivity index (χ0v) is 16.3. The first-order valence-corrected chi connectivity index (χ1v) is 9.69. The lowest BCUT2D eigenvalue weighted by Gasteiger charge is -2.18. The number of aromatic nitrogens is 1. The third kappa shape index (κ3) is 4.67. The van der Waals surface area contributed by atoms with Crippen LogP contribution < -0.4 is 11.1 Å². The first-order chi connectivity index (χ1) is 13.6. The molecule has 0 fully saturated rings. The quantitative estimate of drug-likeness (QED) is 0.614. The first kappa shape index (κ1) is 19.8. The van der Waals surface area contributed by atoms with Gasteiger partial charge in [-0.1, -0.05) is 80.9 Å². The largest absolute Gasteiger partial charge is 0.446 e. The normalized spacial score (nSPS) is 13.3. The maximum atomic E-state index is 12.6. The summed E-state index contributed by atoms with van der Waals surface area (Å²) in [5.41, 5.74) is 8.70. The first-order valence-electron chi connectivity index (χ1n) is 9.69. The molecule has 2 unspecified atom stereocenters. The lowest BCUT2D eigenvalue weighted by molar-refractivity contribution is 0.0947. The molecule has 5 heteroatoms. The Kier molecular flexibility index (Phi) is 6.61. The average molecular weight is 377 g/mol. The smallest absolute Gasteiger partial charge is 0.273 e. The van der Waals surface area contributed by atoms with Crippen molar-refractivity contribution < 1.29 is 9.21 Å². The third-order valence-electron chi connectivity index (χ3n) is 5.17. The van der Waals surface area contributed by atoms with E-state index in [9.17, 15) is 4.79 Å². The van der Waals surface area contributed by atoms with E-state index in [0.29, 0.717) is 12.4 Å². The Balaban J connectivity index is 1.72. The molecule has 0 bridgehead atoms. The zero-order chi connectivity index (χ0) is 19.9. The van der Waals surface area contributed by atoms with Gasteiger partial charge in [-0.15, -0.1) is 0 Å². The Labute approximate surface area is 166 Å². The molecule has 28 heavy (non-hydrogen) atoms. The summed E-state index contributed by atoms with van der Waals surface area (Å²) in [5.74, 6) is 0.431. The number of benzene rings is 2. The Morgan fingerprint density at radius 2 is 1.64 bits per heavy atom. The number of nitrogens with zero attached hydrogens (tertiary/aromatic N) is 1. The van der Waals surface area contributed by atoms with Crippen LogP contribution in [0.15, 0.2) is 71.3 Å². The number of carbonyl (C=O) groups excluding carboxylic acids is 1. The van der Waals surface area contributed by atoms with E-state index >= 15 is 0 Å². The summed E-state index contributed by atoms with van der Waals surface area (Å²) in [6.07, 6.45) is 2.30. The highest BCUT2D eigenvalue weighted by Gasteiger charge is 2.22. The van der Waals surface area contributed by atoms with E-state index in [-0.39, 0.29) is 29.5 Å². The van der Waals surface area contributed by atoms with Crippen molar-refractivity contribution in [3.05, 3.63) is 89.6 Å². The number of rotatable bonds is 8. The van der Waals surface area contributed by atoms with Crippen molar-refractivity contribution in [2.75, 3.05) is 6.54 Å². The van der Waals surface area contributed by atoms with Crippen LogP contribution in [0.4, 0.5) is 0 Å². The highest BCUT2D eigenvalue weighted by atomic mass is 16.3. The molecule has 0 aliphatic heterocycles. The number of nitrogens with one attached hydrogen (secondary N) is 1. The fraction of sp³-hybridized carbons (Fsp3) is 0.304. The molecule has 2 aromatic carbocycles. The van der Waals surface area contributed by atoms with E-state index in [2.05, 4.69) is 41.5 Å². The predicted molar refractivity (Wildman–Crippen MR) is 110 cm³/mol. The van der Waals surface area contributed by atoms with Gasteiger partial charge in [0.25, 0.3) is 5.91 Å². The molecule has 0 aliphatic rings. The number of hydrogen-bond acceptors (Lipinski definition) is 4. The van der Waals surface area contributed by atoms with Crippen LogP contribution >= 0.6 is 0 Å². The van der Waals surface area contributed by atoms with Gasteiger partial charge >= 0.3 is 0 Å². The number of hydrogen-bond donors (Lipinski definition) is 2. The van der Waals surface area contributed by atoms with Crippen LogP contribution in [0.2, 0.25) is 0 Å². The second kappa shape index (κ2) is 9.33. The van der Waals surface area contributed by atoms with Gasteiger partial charge < -0.3 is 15.5 Å². The molecule has 0 saturated carbocycles. The van der Waals surface area contributed by atoms with E-state index in [1.807, 2.05) is 43.3 Å². The van der Waals surface area contributed by atoms with Gasteiger partial charge in [0.05, 0.1) is 6.04 Å². The molecule has 0 radical (unpaired) electrons. The predicted octanol–water partition coefficient (Wildman–Crippen LogP) is 4.28. The summed E-state index contributed by atoms with van der Waals surface area (Å²) < 4.78 is 5.45. The molecular weight excluding hydrogens is 350 g/mol. The minimum absolute atomic E-state index is 0.0556. The van der Waals surface area contributed by atoms with Crippen LogP contribution in [0.1, 0.15) is 59.7 Å². The van der Waals surface area contributed by atoms with Gasteiger partial charge in [-0.3, -0.25) is 4.79 Å². The van der Waals surface area contributed by atoms with E-state index in [4.69, 9.17) is 10.2 Å². The summed E-state index contributed by atoms with van der Waals surface area (Å²) in [5, 5.41) is 2.99. The SMILES string of the molecule is CCC(C)C(N)c1nc(C(=O)NCC(c2ccccc2)c2ccccc2)co1. The molecule has 3 rings (SSSR count). The topological polar surface area (TPSA) is 81.1 Å². The fourth-order valence-electron chi connectivity index (χ4n) is 3.13. The minimum Gasteiger partial charge on any atom is -0.446 e. The summed E-state index contributed by atoms with van der Waals surface area (Å²) in [6.45, 7) is 4.57. The van der Waals surface area contributed by atoms with Crippen LogP contribution in [0.3, 0.4) is 0 Å². The van der Waals surface area contributed by atoms with Gasteiger partial charge in [0.15, 0.2) is 5.69 Å². The summed E-state index contributed by atoms with van der Waals surface area (Å²) in [6, 6.07) is 20.0. The molecule has 3 N–H and O–H groups in total. The van der Waals surface area contributed by atoms with Crippen LogP contribution in [0.25, 0.3) is 0 Å². The van der Waals surface area contributed by atoms with Crippen molar-refractivity contribution in [3.63, 3.8) is 0 Å². The van der Waals surface area contributed by atoms with Crippen molar-refractivity contribution in [2.24, 2.45) is 11.7 Å². The van der Waals surface area contributed by atoms with Crippen molar-refractivity contribution in [1.82, 2.24) is 10.3 Å². The van der Waals surface area contributed by atoms with Gasteiger partial charge in [0.1, 0.15) is 6.26 Å². The molecule has 1 heterocycles. The Hall–Kier alpha value is -2.92. The zero-order valence-electron chi connectivity index (χ0n) is 16.3. The molecule has 0 aliphatic carbocycles. The van der Waals surface area contributed by atoms with E-state index in [0.717, 1.165) is 17.5 Å². The van der Waals surface area contributed by atoms with Crippen LogP contribution in [-0.4, -0.2) is 17.4 Å².